The lowest BCUT2D eigenvalue weighted by molar-refractivity contribution is 0.186. The number of hydrogen-bond donors (Lipinski definition) is 1. The second-order valence-electron chi connectivity index (χ2n) is 5.04. The molecular formula is C17H21O2P. The molecule has 0 fully saturated rings. The lowest BCUT2D eigenvalue weighted by Crippen LogP contribution is -2.24. The van der Waals surface area contributed by atoms with E-state index in [9.17, 15) is 9.67 Å². The summed E-state index contributed by atoms with van der Waals surface area (Å²) in [6.45, 7) is 2.03. The summed E-state index contributed by atoms with van der Waals surface area (Å²) in [4.78, 5) is 0. The van der Waals surface area contributed by atoms with Gasteiger partial charge in [0.1, 0.15) is 7.14 Å². The van der Waals surface area contributed by atoms with Crippen LogP contribution in [-0.4, -0.2) is 17.4 Å². The largest absolute Gasteiger partial charge is 0.393 e. The van der Waals surface area contributed by atoms with E-state index in [-0.39, 0.29) is 0 Å². The Morgan fingerprint density at radius 3 is 1.80 bits per heavy atom. The van der Waals surface area contributed by atoms with E-state index in [2.05, 4.69) is 0 Å². The maximum Gasteiger partial charge on any atom is 0.145 e. The van der Waals surface area contributed by atoms with Gasteiger partial charge in [0.2, 0.25) is 0 Å². The average molecular weight is 288 g/mol. The third-order valence-electron chi connectivity index (χ3n) is 3.44. The monoisotopic (exact) mass is 288 g/mol. The van der Waals surface area contributed by atoms with Crippen molar-refractivity contribution in [2.45, 2.75) is 25.9 Å². The minimum absolute atomic E-state index is 0.314. The molecule has 0 aliphatic carbocycles. The highest BCUT2D eigenvalue weighted by Gasteiger charge is 2.29. The molecule has 0 aliphatic rings. The van der Waals surface area contributed by atoms with Crippen molar-refractivity contribution in [1.82, 2.24) is 0 Å². The van der Waals surface area contributed by atoms with Crippen LogP contribution in [0.4, 0.5) is 0 Å². The van der Waals surface area contributed by atoms with Crippen LogP contribution in [0.5, 0.6) is 0 Å². The van der Waals surface area contributed by atoms with E-state index in [1.54, 1.807) is 0 Å². The highest BCUT2D eigenvalue weighted by Crippen LogP contribution is 2.44. The molecule has 20 heavy (non-hydrogen) atoms. The smallest absolute Gasteiger partial charge is 0.145 e. The summed E-state index contributed by atoms with van der Waals surface area (Å²) >= 11 is 0. The third-order valence-corrected chi connectivity index (χ3v) is 6.64. The molecule has 0 saturated heterocycles. The normalized spacial score (nSPS) is 13.1. The van der Waals surface area contributed by atoms with Crippen LogP contribution in [0.2, 0.25) is 0 Å². The Kier molecular flexibility index (Phi) is 5.17. The van der Waals surface area contributed by atoms with Crippen LogP contribution in [0.3, 0.4) is 0 Å². The molecule has 2 aromatic rings. The topological polar surface area (TPSA) is 37.3 Å². The minimum Gasteiger partial charge on any atom is -0.393 e. The van der Waals surface area contributed by atoms with Crippen LogP contribution in [-0.2, 0) is 4.57 Å². The van der Waals surface area contributed by atoms with Crippen molar-refractivity contribution in [3.8, 4) is 0 Å². The first-order valence-electron chi connectivity index (χ1n) is 7.05. The fourth-order valence-corrected chi connectivity index (χ4v) is 5.22. The van der Waals surface area contributed by atoms with Crippen molar-refractivity contribution in [2.75, 3.05) is 6.16 Å². The summed E-state index contributed by atoms with van der Waals surface area (Å²) in [6.07, 6.45) is 1.37. The molecular weight excluding hydrogens is 267 g/mol. The Morgan fingerprint density at radius 1 is 0.950 bits per heavy atom. The second-order valence-corrected chi connectivity index (χ2v) is 7.91. The van der Waals surface area contributed by atoms with Gasteiger partial charge in [0.15, 0.2) is 0 Å². The van der Waals surface area contributed by atoms with E-state index in [1.165, 1.54) is 0 Å². The summed E-state index contributed by atoms with van der Waals surface area (Å²) < 4.78 is 13.5. The van der Waals surface area contributed by atoms with Gasteiger partial charge in [-0.05, 0) is 6.42 Å². The highest BCUT2D eigenvalue weighted by atomic mass is 31.2. The number of rotatable bonds is 6. The summed E-state index contributed by atoms with van der Waals surface area (Å²) in [5.74, 6) is 0. The van der Waals surface area contributed by atoms with Gasteiger partial charge in [0.05, 0.1) is 6.10 Å². The van der Waals surface area contributed by atoms with Gasteiger partial charge in [0.25, 0.3) is 0 Å². The van der Waals surface area contributed by atoms with Crippen LogP contribution in [0, 0.1) is 0 Å². The summed E-state index contributed by atoms with van der Waals surface area (Å²) in [5, 5.41) is 11.8. The first kappa shape index (κ1) is 15.0. The SMILES string of the molecule is CCCC(O)CP(=O)(c1ccccc1)c1ccccc1. The summed E-state index contributed by atoms with van der Waals surface area (Å²) in [7, 11) is -2.76. The molecule has 2 nitrogen and oxygen atoms in total. The fraction of sp³-hybridized carbons (Fsp3) is 0.294. The molecule has 2 rings (SSSR count). The molecule has 0 radical (unpaired) electrons. The zero-order chi connectivity index (χ0) is 14.4. The third kappa shape index (κ3) is 3.39. The molecule has 1 N–H and O–H groups in total. The van der Waals surface area contributed by atoms with Crippen LogP contribution < -0.4 is 10.6 Å². The van der Waals surface area contributed by atoms with E-state index in [0.29, 0.717) is 12.6 Å². The van der Waals surface area contributed by atoms with Gasteiger partial charge in [-0.1, -0.05) is 74.0 Å². The molecule has 0 heterocycles. The Balaban J connectivity index is 2.42. The fourth-order valence-electron chi connectivity index (χ4n) is 2.42. The molecule has 106 valence electrons. The number of benzene rings is 2. The van der Waals surface area contributed by atoms with Gasteiger partial charge in [0, 0.05) is 16.8 Å². The summed E-state index contributed by atoms with van der Waals surface area (Å²) in [6, 6.07) is 19.0. The maximum atomic E-state index is 13.5. The Hall–Kier alpha value is -1.37. The molecule has 0 aliphatic heterocycles. The minimum atomic E-state index is -2.76. The van der Waals surface area contributed by atoms with Crippen LogP contribution in [0.15, 0.2) is 60.7 Å². The molecule has 1 unspecified atom stereocenters. The molecule has 0 saturated carbocycles. The standard InChI is InChI=1S/C17H21O2P/c1-2-9-15(18)14-20(19,16-10-5-3-6-11-16)17-12-7-4-8-13-17/h3-8,10-13,15,18H,2,9,14H2,1H3. The molecule has 2 aromatic carbocycles. The maximum absolute atomic E-state index is 13.5. The van der Waals surface area contributed by atoms with Crippen molar-refractivity contribution in [1.29, 1.82) is 0 Å². The second kappa shape index (κ2) is 6.88. The lowest BCUT2D eigenvalue weighted by Gasteiger charge is -2.22. The molecule has 0 spiro atoms. The van der Waals surface area contributed by atoms with Crippen LogP contribution in [0.1, 0.15) is 19.8 Å². The Bertz CT molecular complexity index is 523. The van der Waals surface area contributed by atoms with Gasteiger partial charge in [-0.2, -0.15) is 0 Å². The molecule has 0 aromatic heterocycles. The number of aliphatic hydroxyl groups is 1. The van der Waals surface area contributed by atoms with Crippen molar-refractivity contribution < 1.29 is 9.67 Å². The van der Waals surface area contributed by atoms with Gasteiger partial charge in [-0.15, -0.1) is 0 Å². The molecule has 0 bridgehead atoms. The van der Waals surface area contributed by atoms with E-state index >= 15 is 0 Å². The van der Waals surface area contributed by atoms with Crippen molar-refractivity contribution >= 4 is 17.8 Å². The predicted octanol–water partition coefficient (Wildman–Crippen LogP) is 3.16. The van der Waals surface area contributed by atoms with E-state index in [1.807, 2.05) is 67.6 Å². The van der Waals surface area contributed by atoms with Crippen molar-refractivity contribution in [3.05, 3.63) is 60.7 Å². The van der Waals surface area contributed by atoms with Crippen molar-refractivity contribution in [3.63, 3.8) is 0 Å². The van der Waals surface area contributed by atoms with E-state index < -0.39 is 13.2 Å². The molecule has 1 atom stereocenters. The first-order chi connectivity index (χ1) is 9.66. The van der Waals surface area contributed by atoms with Crippen LogP contribution >= 0.6 is 7.14 Å². The van der Waals surface area contributed by atoms with Gasteiger partial charge < -0.3 is 9.67 Å². The molecule has 0 amide bonds. The van der Waals surface area contributed by atoms with Gasteiger partial charge >= 0.3 is 0 Å². The Labute approximate surface area is 120 Å². The zero-order valence-corrected chi connectivity index (χ0v) is 12.7. The average Bonchev–Trinajstić information content (AvgIpc) is 2.49. The van der Waals surface area contributed by atoms with Crippen LogP contribution in [0.25, 0.3) is 0 Å². The lowest BCUT2D eigenvalue weighted by atomic mass is 10.2. The van der Waals surface area contributed by atoms with E-state index in [0.717, 1.165) is 17.0 Å². The van der Waals surface area contributed by atoms with Gasteiger partial charge in [-0.25, -0.2) is 0 Å². The quantitative estimate of drug-likeness (QED) is 0.829. The zero-order valence-electron chi connectivity index (χ0n) is 11.8. The molecule has 3 heteroatoms. The summed E-state index contributed by atoms with van der Waals surface area (Å²) in [5.41, 5.74) is 0. The van der Waals surface area contributed by atoms with Crippen molar-refractivity contribution in [2.24, 2.45) is 0 Å². The van der Waals surface area contributed by atoms with Gasteiger partial charge in [-0.3, -0.25) is 0 Å². The predicted molar refractivity (Wildman–Crippen MR) is 85.5 cm³/mol. The number of hydrogen-bond acceptors (Lipinski definition) is 2. The Morgan fingerprint density at radius 2 is 1.40 bits per heavy atom. The van der Waals surface area contributed by atoms with E-state index in [4.69, 9.17) is 0 Å². The first-order valence-corrected chi connectivity index (χ1v) is 8.94. The highest BCUT2D eigenvalue weighted by molar-refractivity contribution is 7.78. The number of aliphatic hydroxyl groups excluding tert-OH is 1.